The van der Waals surface area contributed by atoms with Gasteiger partial charge in [-0.1, -0.05) is 56.2 Å². The van der Waals surface area contributed by atoms with E-state index in [1.54, 1.807) is 6.92 Å². The van der Waals surface area contributed by atoms with Crippen LogP contribution in [0.1, 0.15) is 53.4 Å². The van der Waals surface area contributed by atoms with Crippen LogP contribution in [0.3, 0.4) is 0 Å². The van der Waals surface area contributed by atoms with Gasteiger partial charge in [0.05, 0.1) is 12.7 Å². The molecule has 1 aliphatic heterocycles. The summed E-state index contributed by atoms with van der Waals surface area (Å²) in [5.74, 6) is -0.533. The van der Waals surface area contributed by atoms with Crippen LogP contribution >= 0.6 is 0 Å². The molecule has 3 aliphatic rings. The van der Waals surface area contributed by atoms with Crippen LogP contribution in [0, 0.1) is 29.1 Å². The Bertz CT molecular complexity index is 867. The van der Waals surface area contributed by atoms with Gasteiger partial charge < -0.3 is 20.6 Å². The molecule has 6 heteroatoms. The van der Waals surface area contributed by atoms with Crippen LogP contribution in [0.2, 0.25) is 0 Å². The second-order valence-corrected chi connectivity index (χ2v) is 10.1. The van der Waals surface area contributed by atoms with Crippen molar-refractivity contribution < 1.29 is 24.9 Å². The topological polar surface area (TPSA) is 107 Å². The minimum Gasteiger partial charge on any atom is -0.511 e. The zero-order chi connectivity index (χ0) is 23.6. The quantitative estimate of drug-likeness (QED) is 0.166. The van der Waals surface area contributed by atoms with E-state index in [9.17, 15) is 24.9 Å². The van der Waals surface area contributed by atoms with Crippen molar-refractivity contribution in [2.45, 2.75) is 65.5 Å². The maximum atomic E-state index is 12.8. The third-order valence-corrected chi connectivity index (χ3v) is 7.60. The molecule has 0 aromatic carbocycles. The fourth-order valence-electron chi connectivity index (χ4n) is 5.91. The highest BCUT2D eigenvalue weighted by atomic mass is 16.3. The van der Waals surface area contributed by atoms with Crippen LogP contribution in [0.25, 0.3) is 0 Å². The van der Waals surface area contributed by atoms with Crippen LogP contribution < -0.4 is 5.32 Å². The van der Waals surface area contributed by atoms with Crippen molar-refractivity contribution in [2.24, 2.45) is 29.1 Å². The highest BCUT2D eigenvalue weighted by Crippen LogP contribution is 2.57. The van der Waals surface area contributed by atoms with Gasteiger partial charge in [0.15, 0.2) is 5.78 Å². The van der Waals surface area contributed by atoms with E-state index >= 15 is 0 Å². The number of hydrogen-bond donors (Lipinski definition) is 4. The van der Waals surface area contributed by atoms with Crippen LogP contribution in [0.15, 0.2) is 47.3 Å². The Hall–Kier alpha value is -2.18. The van der Waals surface area contributed by atoms with Gasteiger partial charge >= 0.3 is 0 Å². The van der Waals surface area contributed by atoms with Crippen LogP contribution in [0.4, 0.5) is 0 Å². The summed E-state index contributed by atoms with van der Waals surface area (Å²) in [6.07, 6.45) is 13.1. The van der Waals surface area contributed by atoms with E-state index in [2.05, 4.69) is 18.3 Å². The molecule has 2 aliphatic carbocycles. The Morgan fingerprint density at radius 3 is 2.66 bits per heavy atom. The number of carbonyl (C=O) groups is 2. The fraction of sp³-hybridized carbons (Fsp3) is 0.615. The highest BCUT2D eigenvalue weighted by molar-refractivity contribution is 6.27. The first-order valence-corrected chi connectivity index (χ1v) is 11.7. The number of allylic oxidation sites excluding steroid dienone is 6. The van der Waals surface area contributed by atoms with Gasteiger partial charge in [-0.2, -0.15) is 0 Å². The van der Waals surface area contributed by atoms with Gasteiger partial charge in [0, 0.05) is 11.3 Å². The first kappa shape index (κ1) is 24.5. The van der Waals surface area contributed by atoms with Gasteiger partial charge in [-0.25, -0.2) is 0 Å². The van der Waals surface area contributed by atoms with Gasteiger partial charge in [-0.05, 0) is 50.9 Å². The van der Waals surface area contributed by atoms with E-state index in [0.717, 1.165) is 24.8 Å². The third kappa shape index (κ3) is 4.48. The Balaban J connectivity index is 2.08. The molecule has 32 heavy (non-hydrogen) atoms. The van der Waals surface area contributed by atoms with E-state index in [1.807, 2.05) is 38.2 Å². The number of aliphatic hydroxyl groups is 3. The van der Waals surface area contributed by atoms with E-state index in [4.69, 9.17) is 0 Å². The van der Waals surface area contributed by atoms with E-state index in [0.29, 0.717) is 12.3 Å². The number of Topliss-reactive ketones (excluding diaryl/α,β-unsaturated/α-hetero) is 1. The predicted molar refractivity (Wildman–Crippen MR) is 124 cm³/mol. The lowest BCUT2D eigenvalue weighted by Crippen LogP contribution is -2.46. The lowest BCUT2D eigenvalue weighted by atomic mass is 9.52. The lowest BCUT2D eigenvalue weighted by Gasteiger charge is -2.52. The number of aliphatic hydroxyl groups excluding tert-OH is 3. The molecule has 176 valence electrons. The summed E-state index contributed by atoms with van der Waals surface area (Å²) in [6.45, 7) is 7.51. The van der Waals surface area contributed by atoms with Gasteiger partial charge in [-0.15, -0.1) is 0 Å². The Labute approximate surface area is 190 Å². The number of amides is 1. The monoisotopic (exact) mass is 443 g/mol. The molecule has 0 spiro atoms. The van der Waals surface area contributed by atoms with Crippen molar-refractivity contribution in [3.8, 4) is 0 Å². The fourth-order valence-corrected chi connectivity index (χ4v) is 5.91. The molecule has 1 saturated heterocycles. The van der Waals surface area contributed by atoms with Crippen LogP contribution in [-0.2, 0) is 9.59 Å². The molecule has 1 heterocycles. The molecule has 6 nitrogen and oxygen atoms in total. The molecule has 0 aromatic heterocycles. The Morgan fingerprint density at radius 2 is 2.03 bits per heavy atom. The lowest BCUT2D eigenvalue weighted by molar-refractivity contribution is -0.118. The molecule has 2 fully saturated rings. The van der Waals surface area contributed by atoms with Gasteiger partial charge in [0.2, 0.25) is 0 Å². The zero-order valence-electron chi connectivity index (χ0n) is 19.5. The Kier molecular flexibility index (Phi) is 7.46. The van der Waals surface area contributed by atoms with Crippen molar-refractivity contribution in [2.75, 3.05) is 6.61 Å². The third-order valence-electron chi connectivity index (χ3n) is 7.60. The van der Waals surface area contributed by atoms with Crippen molar-refractivity contribution in [1.82, 2.24) is 5.32 Å². The summed E-state index contributed by atoms with van der Waals surface area (Å²) >= 11 is 0. The molecule has 0 unspecified atom stereocenters. The van der Waals surface area contributed by atoms with Crippen LogP contribution in [-0.4, -0.2) is 45.8 Å². The molecular weight excluding hydrogens is 406 g/mol. The van der Waals surface area contributed by atoms with Gasteiger partial charge in [-0.3, -0.25) is 9.59 Å². The molecule has 7 atom stereocenters. The molecule has 0 radical (unpaired) electrons. The van der Waals surface area contributed by atoms with Crippen LogP contribution in [0.5, 0.6) is 0 Å². The number of fused-ring (bicyclic) bond motifs is 1. The van der Waals surface area contributed by atoms with Crippen molar-refractivity contribution >= 4 is 11.7 Å². The highest BCUT2D eigenvalue weighted by Gasteiger charge is 2.54. The molecule has 0 bridgehead atoms. The van der Waals surface area contributed by atoms with Crippen molar-refractivity contribution in [3.63, 3.8) is 0 Å². The molecular formula is C26H37NO5. The summed E-state index contributed by atoms with van der Waals surface area (Å²) < 4.78 is 0. The van der Waals surface area contributed by atoms with E-state index in [1.165, 1.54) is 0 Å². The molecule has 3 rings (SSSR count). The number of hydrogen-bond acceptors (Lipinski definition) is 5. The second kappa shape index (κ2) is 9.75. The zero-order valence-corrected chi connectivity index (χ0v) is 19.5. The van der Waals surface area contributed by atoms with Crippen molar-refractivity contribution in [1.29, 1.82) is 0 Å². The summed E-state index contributed by atoms with van der Waals surface area (Å²) in [5.41, 5.74) is 0.0895. The second-order valence-electron chi connectivity index (χ2n) is 10.1. The number of carbonyl (C=O) groups excluding carboxylic acids is 2. The Morgan fingerprint density at radius 1 is 1.31 bits per heavy atom. The first-order valence-electron chi connectivity index (χ1n) is 11.7. The maximum Gasteiger partial charge on any atom is 0.259 e. The summed E-state index contributed by atoms with van der Waals surface area (Å²) in [7, 11) is 0. The number of ketones is 1. The molecule has 4 N–H and O–H groups in total. The molecule has 0 aromatic rings. The normalized spacial score (nSPS) is 38.1. The average Bonchev–Trinajstić information content (AvgIpc) is 3.01. The maximum absolute atomic E-state index is 12.8. The summed E-state index contributed by atoms with van der Waals surface area (Å²) in [6, 6.07) is -0.997. The smallest absolute Gasteiger partial charge is 0.259 e. The summed E-state index contributed by atoms with van der Waals surface area (Å²) in [4.78, 5) is 25.4. The molecule has 1 saturated carbocycles. The average molecular weight is 444 g/mol. The largest absolute Gasteiger partial charge is 0.511 e. The SMILES string of the molecule is CC1=C[C@@H]2C[C@@H](C)CC[C@@H]2[C@@](C)(/C(O)=C2\C(=O)N[C@H](CO)C2=O)[C@@H]1/C=C/C=C/C[C@@H](C)O. The summed E-state index contributed by atoms with van der Waals surface area (Å²) in [5, 5.41) is 33.0. The van der Waals surface area contributed by atoms with E-state index in [-0.39, 0.29) is 29.1 Å². The predicted octanol–water partition coefficient (Wildman–Crippen LogP) is 3.38. The number of nitrogens with one attached hydrogen (secondary N) is 1. The van der Waals surface area contributed by atoms with Gasteiger partial charge in [0.25, 0.3) is 5.91 Å². The minimum absolute atomic E-state index is 0.0970. The molecule has 1 amide bonds. The minimum atomic E-state index is -0.997. The van der Waals surface area contributed by atoms with Gasteiger partial charge in [0.1, 0.15) is 17.4 Å². The number of rotatable bonds is 6. The standard InChI is InChI=1S/C26H37NO5/c1-15-10-11-20-18(12-15)13-16(2)19(9-7-5-6-8-17(3)29)26(20,4)24(31)22-23(30)21(14-28)27-25(22)32/h5-7,9,13,15,17-21,28-29,31H,8,10-12,14H2,1-4H3,(H,27,32)/b6-5+,9-7+,24-22+/t15-,17+,18-,19+,20-,21+,26-/m0/s1. The first-order chi connectivity index (χ1) is 15.1. The van der Waals surface area contributed by atoms with Crippen molar-refractivity contribution in [3.05, 3.63) is 47.3 Å². The van der Waals surface area contributed by atoms with E-state index < -0.39 is 35.9 Å².